The van der Waals surface area contributed by atoms with Crippen LogP contribution in [0.1, 0.15) is 32.2 Å². The molecule has 0 radical (unpaired) electrons. The summed E-state index contributed by atoms with van der Waals surface area (Å²) in [5.74, 6) is 2.16. The van der Waals surface area contributed by atoms with Crippen LogP contribution >= 0.6 is 0 Å². The number of rotatable bonds is 6. The summed E-state index contributed by atoms with van der Waals surface area (Å²) < 4.78 is 5.62. The van der Waals surface area contributed by atoms with Gasteiger partial charge in [-0.3, -0.25) is 4.98 Å². The van der Waals surface area contributed by atoms with Gasteiger partial charge in [-0.15, -0.1) is 10.2 Å². The van der Waals surface area contributed by atoms with Crippen molar-refractivity contribution in [2.75, 3.05) is 36.8 Å². The first-order valence-electron chi connectivity index (χ1n) is 11.6. The molecule has 0 unspecified atom stereocenters. The molecule has 0 saturated carbocycles. The Labute approximate surface area is 203 Å². The molecule has 4 aromatic heterocycles. The second-order valence-electron chi connectivity index (χ2n) is 9.06. The van der Waals surface area contributed by atoms with Crippen LogP contribution in [-0.2, 0) is 5.41 Å². The van der Waals surface area contributed by atoms with E-state index < -0.39 is 5.41 Å². The third kappa shape index (κ3) is 4.42. The lowest BCUT2D eigenvalue weighted by Gasteiger charge is -2.30. The number of pyridine rings is 1. The van der Waals surface area contributed by atoms with E-state index in [1.54, 1.807) is 12.4 Å². The predicted octanol–water partition coefficient (Wildman–Crippen LogP) is 2.33. The van der Waals surface area contributed by atoms with Crippen molar-refractivity contribution in [3.63, 3.8) is 0 Å². The highest BCUT2D eigenvalue weighted by atomic mass is 16.5. The van der Waals surface area contributed by atoms with E-state index in [-0.39, 0.29) is 11.9 Å². The summed E-state index contributed by atoms with van der Waals surface area (Å²) in [7, 11) is 0. The topological polar surface area (TPSA) is 145 Å². The number of piperazine rings is 1. The number of nitrogens with zero attached hydrogens (tertiary/aromatic N) is 8. The van der Waals surface area contributed by atoms with Gasteiger partial charge in [-0.2, -0.15) is 4.98 Å². The Hall–Kier alpha value is -3.99. The number of anilines is 2. The van der Waals surface area contributed by atoms with E-state index in [9.17, 15) is 0 Å². The van der Waals surface area contributed by atoms with Crippen LogP contribution in [0, 0.1) is 5.92 Å². The zero-order chi connectivity index (χ0) is 24.4. The summed E-state index contributed by atoms with van der Waals surface area (Å²) in [5, 5.41) is 16.4. The van der Waals surface area contributed by atoms with Crippen LogP contribution in [0.2, 0.25) is 0 Å². The highest BCUT2D eigenvalue weighted by molar-refractivity contribution is 5.58. The minimum Gasteiger partial charge on any atom is -0.368 e. The maximum atomic E-state index is 5.62. The Morgan fingerprint density at radius 3 is 2.34 bits per heavy atom. The lowest BCUT2D eigenvalue weighted by molar-refractivity contribution is 0.350. The summed E-state index contributed by atoms with van der Waals surface area (Å²) in [6, 6.07) is 7.78. The first kappa shape index (κ1) is 22.8. The molecule has 3 N–H and O–H groups in total. The normalized spacial score (nSPS) is 15.8. The molecule has 1 aliphatic heterocycles. The van der Waals surface area contributed by atoms with E-state index in [0.29, 0.717) is 17.4 Å². The average molecular weight is 473 g/mol. The minimum atomic E-state index is -0.529. The molecule has 1 fully saturated rings. The number of hydrogen-bond donors (Lipinski definition) is 2. The van der Waals surface area contributed by atoms with Gasteiger partial charge in [-0.1, -0.05) is 25.1 Å². The summed E-state index contributed by atoms with van der Waals surface area (Å²) in [6.07, 6.45) is 5.15. The van der Waals surface area contributed by atoms with Gasteiger partial charge in [-0.25, -0.2) is 9.97 Å². The van der Waals surface area contributed by atoms with Crippen molar-refractivity contribution in [1.29, 1.82) is 0 Å². The molecule has 0 aliphatic carbocycles. The minimum absolute atomic E-state index is 0.168. The summed E-state index contributed by atoms with van der Waals surface area (Å²) in [4.78, 5) is 19.6. The van der Waals surface area contributed by atoms with Crippen molar-refractivity contribution < 1.29 is 4.52 Å². The van der Waals surface area contributed by atoms with Gasteiger partial charge < -0.3 is 20.5 Å². The SMILES string of the molecule is CC(C)[C@](C)(c1ccc(-c2cnc(N)nc2)nc1)c1noc(-c2ccc(N3CCNCC3)nn2)n1. The van der Waals surface area contributed by atoms with Gasteiger partial charge in [0.15, 0.2) is 17.3 Å². The highest BCUT2D eigenvalue weighted by Crippen LogP contribution is 2.38. The second kappa shape index (κ2) is 9.34. The molecule has 11 heteroatoms. The van der Waals surface area contributed by atoms with Gasteiger partial charge in [0.05, 0.1) is 11.1 Å². The zero-order valence-electron chi connectivity index (χ0n) is 20.0. The number of nitrogens with one attached hydrogen (secondary N) is 1. The fourth-order valence-corrected chi connectivity index (χ4v) is 4.10. The van der Waals surface area contributed by atoms with E-state index in [1.165, 1.54) is 0 Å². The van der Waals surface area contributed by atoms with Crippen molar-refractivity contribution in [1.82, 2.24) is 40.6 Å². The molecule has 180 valence electrons. The van der Waals surface area contributed by atoms with Crippen LogP contribution in [0.25, 0.3) is 22.8 Å². The Kier molecular flexibility index (Phi) is 6.08. The van der Waals surface area contributed by atoms with Crippen molar-refractivity contribution in [2.45, 2.75) is 26.2 Å². The van der Waals surface area contributed by atoms with Crippen molar-refractivity contribution in [3.05, 3.63) is 54.2 Å². The molecule has 0 spiro atoms. The van der Waals surface area contributed by atoms with Gasteiger partial charge in [0.25, 0.3) is 5.89 Å². The number of nitrogens with two attached hydrogens (primary N) is 1. The van der Waals surface area contributed by atoms with Crippen LogP contribution in [0.3, 0.4) is 0 Å². The van der Waals surface area contributed by atoms with Gasteiger partial charge in [0, 0.05) is 50.3 Å². The molecular weight excluding hydrogens is 444 g/mol. The third-order valence-electron chi connectivity index (χ3n) is 6.69. The average Bonchev–Trinajstić information content (AvgIpc) is 3.40. The van der Waals surface area contributed by atoms with E-state index >= 15 is 0 Å². The molecule has 35 heavy (non-hydrogen) atoms. The molecule has 5 heterocycles. The summed E-state index contributed by atoms with van der Waals surface area (Å²) in [6.45, 7) is 10.0. The summed E-state index contributed by atoms with van der Waals surface area (Å²) >= 11 is 0. The molecule has 4 aromatic rings. The Bertz CT molecular complexity index is 1270. The van der Waals surface area contributed by atoms with E-state index in [1.807, 2.05) is 30.5 Å². The maximum Gasteiger partial charge on any atom is 0.278 e. The molecule has 1 atom stereocenters. The van der Waals surface area contributed by atoms with Crippen molar-refractivity contribution in [3.8, 4) is 22.8 Å². The van der Waals surface area contributed by atoms with Crippen LogP contribution in [0.15, 0.2) is 47.4 Å². The monoisotopic (exact) mass is 472 g/mol. The van der Waals surface area contributed by atoms with Crippen molar-refractivity contribution >= 4 is 11.8 Å². The van der Waals surface area contributed by atoms with Crippen LogP contribution in [0.5, 0.6) is 0 Å². The lowest BCUT2D eigenvalue weighted by Crippen LogP contribution is -2.43. The van der Waals surface area contributed by atoms with Gasteiger partial charge in [0.1, 0.15) is 0 Å². The largest absolute Gasteiger partial charge is 0.368 e. The molecule has 0 bridgehead atoms. The van der Waals surface area contributed by atoms with Crippen LogP contribution in [-0.4, -0.2) is 61.5 Å². The molecule has 11 nitrogen and oxygen atoms in total. The molecule has 1 saturated heterocycles. The van der Waals surface area contributed by atoms with E-state index in [2.05, 4.69) is 61.3 Å². The van der Waals surface area contributed by atoms with Crippen molar-refractivity contribution in [2.24, 2.45) is 5.92 Å². The maximum absolute atomic E-state index is 5.62. The smallest absolute Gasteiger partial charge is 0.278 e. The molecule has 0 amide bonds. The second-order valence-corrected chi connectivity index (χ2v) is 9.06. The summed E-state index contributed by atoms with van der Waals surface area (Å²) in [5.41, 5.74) is 8.13. The molecule has 0 aromatic carbocycles. The quantitative estimate of drug-likeness (QED) is 0.426. The molecule has 1 aliphatic rings. The Balaban J connectivity index is 1.40. The Morgan fingerprint density at radius 1 is 0.971 bits per heavy atom. The standard InChI is InChI=1S/C24H28N10O/c1-15(2)24(3,17-4-5-18(27-14-17)16-12-28-23(25)29-13-16)22-30-21(35-33-22)19-6-7-20(32-31-19)34-10-8-26-9-11-34/h4-7,12-15,26H,8-11H2,1-3H3,(H2,25,28,29)/t24-/m1/s1. The van der Waals surface area contributed by atoms with E-state index in [0.717, 1.165) is 48.8 Å². The van der Waals surface area contributed by atoms with Crippen LogP contribution < -0.4 is 16.0 Å². The Morgan fingerprint density at radius 2 is 1.71 bits per heavy atom. The lowest BCUT2D eigenvalue weighted by atomic mass is 9.73. The fourth-order valence-electron chi connectivity index (χ4n) is 4.10. The van der Waals surface area contributed by atoms with Gasteiger partial charge in [-0.05, 0) is 36.6 Å². The first-order valence-corrected chi connectivity index (χ1v) is 11.6. The predicted molar refractivity (Wildman–Crippen MR) is 131 cm³/mol. The number of nitrogen functional groups attached to an aromatic ring is 1. The van der Waals surface area contributed by atoms with Gasteiger partial charge in [0.2, 0.25) is 5.95 Å². The number of aromatic nitrogens is 7. The third-order valence-corrected chi connectivity index (χ3v) is 6.69. The fraction of sp³-hybridized carbons (Fsp3) is 0.375. The van der Waals surface area contributed by atoms with Crippen LogP contribution in [0.4, 0.5) is 11.8 Å². The van der Waals surface area contributed by atoms with E-state index in [4.69, 9.17) is 15.2 Å². The van der Waals surface area contributed by atoms with Gasteiger partial charge >= 0.3 is 0 Å². The zero-order valence-corrected chi connectivity index (χ0v) is 20.0. The number of hydrogen-bond acceptors (Lipinski definition) is 11. The first-order chi connectivity index (χ1) is 16.9. The molecular formula is C24H28N10O. The molecule has 5 rings (SSSR count). The highest BCUT2D eigenvalue weighted by Gasteiger charge is 2.38.